The fourth-order valence-electron chi connectivity index (χ4n) is 2.96. The summed E-state index contributed by atoms with van der Waals surface area (Å²) in [6, 6.07) is 12.1. The topological polar surface area (TPSA) is 146 Å². The molecule has 1 amide bonds. The summed E-state index contributed by atoms with van der Waals surface area (Å²) >= 11 is 0. The number of hydrogen-bond acceptors (Lipinski definition) is 7. The SMILES string of the molecule is Cc1ccc(-n2c(-c3ccc(S(C)(=O)=O)cc3)nc(S(C)(=O)=O)c(C(N)=O)c2=O)cc1. The zero-order valence-electron chi connectivity index (χ0n) is 16.9. The van der Waals surface area contributed by atoms with Gasteiger partial charge in [-0.05, 0) is 43.3 Å². The summed E-state index contributed by atoms with van der Waals surface area (Å²) in [5, 5.41) is -0.740. The van der Waals surface area contributed by atoms with Crippen molar-refractivity contribution in [3.05, 3.63) is 70.0 Å². The molecule has 0 aliphatic rings. The number of aryl methyl sites for hydroxylation is 1. The summed E-state index contributed by atoms with van der Waals surface area (Å²) < 4.78 is 49.1. The zero-order chi connectivity index (χ0) is 23.1. The molecule has 3 rings (SSSR count). The fraction of sp³-hybridized carbons (Fsp3) is 0.150. The number of benzene rings is 2. The van der Waals surface area contributed by atoms with Gasteiger partial charge >= 0.3 is 0 Å². The summed E-state index contributed by atoms with van der Waals surface area (Å²) in [6.07, 6.45) is 1.86. The van der Waals surface area contributed by atoms with Crippen LogP contribution in [-0.4, -0.2) is 44.8 Å². The van der Waals surface area contributed by atoms with Crippen LogP contribution in [0.4, 0.5) is 0 Å². The van der Waals surface area contributed by atoms with Gasteiger partial charge in [0.25, 0.3) is 11.5 Å². The van der Waals surface area contributed by atoms with Crippen molar-refractivity contribution in [2.24, 2.45) is 5.73 Å². The highest BCUT2D eigenvalue weighted by atomic mass is 32.2. The molecule has 1 heterocycles. The van der Waals surface area contributed by atoms with E-state index in [2.05, 4.69) is 4.98 Å². The number of nitrogens with two attached hydrogens (primary N) is 1. The second kappa shape index (κ2) is 7.75. The molecule has 0 saturated carbocycles. The third-order valence-electron chi connectivity index (χ3n) is 4.48. The third-order valence-corrected chi connectivity index (χ3v) is 6.61. The van der Waals surface area contributed by atoms with Gasteiger partial charge in [-0.25, -0.2) is 21.8 Å². The Hall–Kier alpha value is -3.31. The molecule has 2 N–H and O–H groups in total. The van der Waals surface area contributed by atoms with Crippen molar-refractivity contribution < 1.29 is 21.6 Å². The van der Waals surface area contributed by atoms with Crippen LogP contribution in [0, 0.1) is 6.92 Å². The molecule has 0 fully saturated rings. The minimum atomic E-state index is -4.09. The molecule has 0 aliphatic carbocycles. The Morgan fingerprint density at radius 1 is 0.903 bits per heavy atom. The van der Waals surface area contributed by atoms with Crippen LogP contribution >= 0.6 is 0 Å². The van der Waals surface area contributed by atoms with Crippen molar-refractivity contribution in [3.8, 4) is 17.1 Å². The molecule has 1 aromatic heterocycles. The molecule has 3 aromatic rings. The van der Waals surface area contributed by atoms with E-state index < -0.39 is 41.7 Å². The highest BCUT2D eigenvalue weighted by Gasteiger charge is 2.27. The predicted octanol–water partition coefficient (Wildman–Crippen LogP) is 1.11. The lowest BCUT2D eigenvalue weighted by Gasteiger charge is -2.16. The predicted molar refractivity (Wildman–Crippen MR) is 115 cm³/mol. The van der Waals surface area contributed by atoms with E-state index >= 15 is 0 Å². The monoisotopic (exact) mass is 461 g/mol. The van der Waals surface area contributed by atoms with Crippen LogP contribution in [0.1, 0.15) is 15.9 Å². The van der Waals surface area contributed by atoms with E-state index in [9.17, 15) is 26.4 Å². The van der Waals surface area contributed by atoms with Crippen LogP contribution in [0.3, 0.4) is 0 Å². The Morgan fingerprint density at radius 2 is 1.45 bits per heavy atom. The third kappa shape index (κ3) is 4.42. The van der Waals surface area contributed by atoms with Gasteiger partial charge in [0.2, 0.25) is 0 Å². The first-order valence-electron chi connectivity index (χ1n) is 8.85. The molecule has 0 bridgehead atoms. The van der Waals surface area contributed by atoms with Crippen LogP contribution in [0.2, 0.25) is 0 Å². The lowest BCUT2D eigenvalue weighted by atomic mass is 10.1. The zero-order valence-corrected chi connectivity index (χ0v) is 18.5. The normalized spacial score (nSPS) is 12.0. The Bertz CT molecular complexity index is 1460. The largest absolute Gasteiger partial charge is 0.365 e. The van der Waals surface area contributed by atoms with Crippen LogP contribution in [0.5, 0.6) is 0 Å². The van der Waals surface area contributed by atoms with Gasteiger partial charge < -0.3 is 5.73 Å². The number of amides is 1. The van der Waals surface area contributed by atoms with Crippen molar-refractivity contribution in [1.29, 1.82) is 0 Å². The maximum Gasteiger partial charge on any atom is 0.272 e. The van der Waals surface area contributed by atoms with E-state index in [1.807, 2.05) is 6.92 Å². The number of sulfone groups is 2. The quantitative estimate of drug-likeness (QED) is 0.560. The van der Waals surface area contributed by atoms with Crippen molar-refractivity contribution in [2.45, 2.75) is 16.8 Å². The summed E-state index contributed by atoms with van der Waals surface area (Å²) in [5.41, 5.74) is 5.12. The average molecular weight is 462 g/mol. The average Bonchev–Trinajstić information content (AvgIpc) is 2.66. The molecule has 11 heteroatoms. The first-order chi connectivity index (χ1) is 14.3. The lowest BCUT2D eigenvalue weighted by molar-refractivity contribution is 0.0994. The van der Waals surface area contributed by atoms with Gasteiger partial charge in [0, 0.05) is 18.1 Å². The first kappa shape index (κ1) is 22.4. The van der Waals surface area contributed by atoms with Crippen LogP contribution < -0.4 is 11.3 Å². The summed E-state index contributed by atoms with van der Waals surface area (Å²) in [7, 11) is -7.56. The van der Waals surface area contributed by atoms with Gasteiger partial charge in [-0.1, -0.05) is 17.7 Å². The Morgan fingerprint density at radius 3 is 1.90 bits per heavy atom. The molecule has 0 aliphatic heterocycles. The lowest BCUT2D eigenvalue weighted by Crippen LogP contribution is -2.34. The molecular formula is C20H19N3O6S2. The Labute approximate surface area is 179 Å². The van der Waals surface area contributed by atoms with E-state index in [0.717, 1.165) is 22.6 Å². The number of rotatable bonds is 5. The van der Waals surface area contributed by atoms with Gasteiger partial charge in [-0.2, -0.15) is 0 Å². The van der Waals surface area contributed by atoms with Crippen molar-refractivity contribution in [2.75, 3.05) is 12.5 Å². The highest BCUT2D eigenvalue weighted by Crippen LogP contribution is 2.24. The molecule has 2 aromatic carbocycles. The maximum absolute atomic E-state index is 13.2. The number of hydrogen-bond donors (Lipinski definition) is 1. The number of primary amides is 1. The molecule has 0 atom stereocenters. The van der Waals surface area contributed by atoms with E-state index in [0.29, 0.717) is 5.69 Å². The van der Waals surface area contributed by atoms with Gasteiger partial charge in [0.05, 0.1) is 10.6 Å². The van der Waals surface area contributed by atoms with Gasteiger partial charge in [-0.15, -0.1) is 0 Å². The molecular weight excluding hydrogens is 442 g/mol. The van der Waals surface area contributed by atoms with Crippen molar-refractivity contribution in [1.82, 2.24) is 9.55 Å². The van der Waals surface area contributed by atoms with Crippen LogP contribution in [0.15, 0.2) is 63.2 Å². The van der Waals surface area contributed by atoms with E-state index in [4.69, 9.17) is 5.73 Å². The smallest absolute Gasteiger partial charge is 0.272 e. The van der Waals surface area contributed by atoms with Crippen LogP contribution in [0.25, 0.3) is 17.1 Å². The van der Waals surface area contributed by atoms with Gasteiger partial charge in [-0.3, -0.25) is 14.2 Å². The fourth-order valence-corrected chi connectivity index (χ4v) is 4.40. The molecule has 31 heavy (non-hydrogen) atoms. The molecule has 162 valence electrons. The van der Waals surface area contributed by atoms with Gasteiger partial charge in [0.1, 0.15) is 11.4 Å². The van der Waals surface area contributed by atoms with Crippen molar-refractivity contribution >= 4 is 25.6 Å². The minimum Gasteiger partial charge on any atom is -0.365 e. The number of carbonyl (C=O) groups excluding carboxylic acids is 1. The summed E-state index contributed by atoms with van der Waals surface area (Å²) in [5.74, 6) is -1.31. The van der Waals surface area contributed by atoms with Gasteiger partial charge in [0.15, 0.2) is 24.7 Å². The molecule has 0 saturated heterocycles. The Balaban J connectivity index is 2.46. The maximum atomic E-state index is 13.2. The van der Waals surface area contributed by atoms with E-state index in [1.165, 1.54) is 24.3 Å². The second-order valence-corrected chi connectivity index (χ2v) is 11.0. The number of aromatic nitrogens is 2. The van der Waals surface area contributed by atoms with E-state index in [-0.39, 0.29) is 16.3 Å². The van der Waals surface area contributed by atoms with E-state index in [1.54, 1.807) is 24.3 Å². The number of carbonyl (C=O) groups is 1. The highest BCUT2D eigenvalue weighted by molar-refractivity contribution is 7.91. The first-order valence-corrected chi connectivity index (χ1v) is 12.6. The second-order valence-electron chi connectivity index (χ2n) is 7.02. The molecule has 0 unspecified atom stereocenters. The van der Waals surface area contributed by atoms with Crippen LogP contribution in [-0.2, 0) is 19.7 Å². The number of nitrogens with zero attached hydrogens (tertiary/aromatic N) is 2. The summed E-state index contributed by atoms with van der Waals surface area (Å²) in [4.78, 5) is 29.4. The summed E-state index contributed by atoms with van der Waals surface area (Å²) in [6.45, 7) is 1.84. The minimum absolute atomic E-state index is 0.0394. The molecule has 0 radical (unpaired) electrons. The Kier molecular flexibility index (Phi) is 5.59. The standard InChI is InChI=1S/C20H19N3O6S2/c1-12-4-8-14(9-5-12)23-18(13-6-10-15(11-7-13)30(2,26)27)22-19(31(3,28)29)16(17(21)24)20(23)25/h4-11H,1-3H3,(H2,21,24). The van der Waals surface area contributed by atoms with Crippen molar-refractivity contribution in [3.63, 3.8) is 0 Å². The molecule has 9 nitrogen and oxygen atoms in total. The molecule has 0 spiro atoms.